The molecule has 12 N–H and O–H groups in total. The van der Waals surface area contributed by atoms with Crippen molar-refractivity contribution in [2.24, 2.45) is 22.2 Å². The van der Waals surface area contributed by atoms with Crippen molar-refractivity contribution in [3.8, 4) is 0 Å². The van der Waals surface area contributed by atoms with E-state index in [9.17, 15) is 24.3 Å². The fourth-order valence-electron chi connectivity index (χ4n) is 3.00. The molecule has 0 aliphatic carbocycles. The fraction of sp³-hybridized carbons (Fsp3) is 0.600. The largest absolute Gasteiger partial charge is 0.480 e. The van der Waals surface area contributed by atoms with Gasteiger partial charge in [0.1, 0.15) is 24.2 Å². The molecule has 0 aliphatic heterocycles. The van der Waals surface area contributed by atoms with Crippen LogP contribution in [0.3, 0.4) is 0 Å². The number of thioether (sulfide) groups is 1. The number of aromatic nitrogens is 2. The van der Waals surface area contributed by atoms with E-state index >= 15 is 0 Å². The molecule has 15 nitrogen and oxygen atoms in total. The van der Waals surface area contributed by atoms with Crippen molar-refractivity contribution in [2.75, 3.05) is 25.2 Å². The van der Waals surface area contributed by atoms with E-state index in [1.165, 1.54) is 24.3 Å². The summed E-state index contributed by atoms with van der Waals surface area (Å²) in [5.74, 6) is -3.03. The number of guanidine groups is 1. The average molecular weight is 530 g/mol. The molecule has 1 heterocycles. The number of carboxylic acid groups (broad SMARTS) is 1. The first kappa shape index (κ1) is 30.7. The minimum absolute atomic E-state index is 0.0104. The van der Waals surface area contributed by atoms with Gasteiger partial charge in [0.15, 0.2) is 5.96 Å². The summed E-state index contributed by atoms with van der Waals surface area (Å²) >= 11 is 1.43. The van der Waals surface area contributed by atoms with Crippen molar-refractivity contribution in [2.45, 2.75) is 49.9 Å². The molecule has 202 valence electrons. The molecule has 3 amide bonds. The van der Waals surface area contributed by atoms with E-state index in [0.29, 0.717) is 17.9 Å². The molecular weight excluding hydrogens is 494 g/mol. The van der Waals surface area contributed by atoms with Crippen LogP contribution in [0.5, 0.6) is 0 Å². The number of nitrogens with one attached hydrogen (secondary N) is 4. The van der Waals surface area contributed by atoms with Crippen molar-refractivity contribution < 1.29 is 29.4 Å². The maximum Gasteiger partial charge on any atom is 0.326 e. The van der Waals surface area contributed by atoms with Crippen LogP contribution in [-0.2, 0) is 25.6 Å². The minimum atomic E-state index is -1.26. The number of aliphatic hydroxyl groups is 1. The highest BCUT2D eigenvalue weighted by molar-refractivity contribution is 7.98. The van der Waals surface area contributed by atoms with E-state index in [4.69, 9.17) is 22.3 Å². The number of aliphatic hydroxyl groups excluding tert-OH is 1. The normalized spacial score (nSPS) is 14.1. The minimum Gasteiger partial charge on any atom is -0.480 e. The SMILES string of the molecule is CSCCC(NC(=O)C(CCCN=C(N)N)NC(=O)C(Cc1cnc[nH]1)NC(=O)C(N)CO)C(=O)O. The standard InChI is InChI=1S/C20H35N9O6S/c1-36-6-4-14(19(34)35)28-17(32)13(3-2-5-25-20(22)23)27-18(33)15(7-11-8-24-10-26-11)29-16(31)12(21)9-30/h8,10,12-15,30H,2-7,9,21H2,1H3,(H,24,26)(H,27,33)(H,28,32)(H,29,31)(H,34,35)(H4,22,23,25). The van der Waals surface area contributed by atoms with Crippen molar-refractivity contribution in [3.63, 3.8) is 0 Å². The summed E-state index contributed by atoms with van der Waals surface area (Å²) in [6.07, 6.45) is 5.23. The molecule has 0 saturated heterocycles. The highest BCUT2D eigenvalue weighted by Gasteiger charge is 2.30. The van der Waals surface area contributed by atoms with Crippen molar-refractivity contribution in [1.29, 1.82) is 0 Å². The molecule has 4 atom stereocenters. The number of carboxylic acids is 1. The molecule has 16 heteroatoms. The van der Waals surface area contributed by atoms with Gasteiger partial charge < -0.3 is 48.3 Å². The quantitative estimate of drug-likeness (QED) is 0.0545. The number of aromatic amines is 1. The molecule has 0 bridgehead atoms. The van der Waals surface area contributed by atoms with Crippen LogP contribution in [0.25, 0.3) is 0 Å². The predicted octanol–water partition coefficient (Wildman–Crippen LogP) is -3.38. The predicted molar refractivity (Wildman–Crippen MR) is 134 cm³/mol. The second-order valence-corrected chi connectivity index (χ2v) is 8.81. The van der Waals surface area contributed by atoms with Crippen LogP contribution in [0, 0.1) is 0 Å². The van der Waals surface area contributed by atoms with E-state index in [0.717, 1.165) is 0 Å². The molecule has 1 aromatic heterocycles. The van der Waals surface area contributed by atoms with Gasteiger partial charge in [-0.25, -0.2) is 9.78 Å². The average Bonchev–Trinajstić information content (AvgIpc) is 3.35. The van der Waals surface area contributed by atoms with Crippen LogP contribution in [0.4, 0.5) is 0 Å². The van der Waals surface area contributed by atoms with Crippen LogP contribution < -0.4 is 33.2 Å². The Morgan fingerprint density at radius 1 is 1.08 bits per heavy atom. The molecular formula is C20H35N9O6S. The Balaban J connectivity index is 3.05. The van der Waals surface area contributed by atoms with E-state index < -0.39 is 54.5 Å². The van der Waals surface area contributed by atoms with Gasteiger partial charge in [-0.05, 0) is 31.3 Å². The van der Waals surface area contributed by atoms with E-state index in [-0.39, 0.29) is 31.8 Å². The number of nitrogens with zero attached hydrogens (tertiary/aromatic N) is 2. The smallest absolute Gasteiger partial charge is 0.326 e. The summed E-state index contributed by atoms with van der Waals surface area (Å²) < 4.78 is 0. The summed E-state index contributed by atoms with van der Waals surface area (Å²) in [4.78, 5) is 60.5. The first-order valence-electron chi connectivity index (χ1n) is 11.1. The number of imidazole rings is 1. The molecule has 0 aromatic carbocycles. The van der Waals surface area contributed by atoms with Crippen LogP contribution in [-0.4, -0.2) is 99.2 Å². The molecule has 0 spiro atoms. The number of amides is 3. The van der Waals surface area contributed by atoms with Gasteiger partial charge >= 0.3 is 5.97 Å². The Morgan fingerprint density at radius 2 is 1.72 bits per heavy atom. The summed E-state index contributed by atoms with van der Waals surface area (Å²) in [5.41, 5.74) is 16.7. The first-order valence-corrected chi connectivity index (χ1v) is 12.5. The van der Waals surface area contributed by atoms with Gasteiger partial charge in [-0.1, -0.05) is 0 Å². The molecule has 0 aliphatic rings. The molecule has 0 fully saturated rings. The summed E-state index contributed by atoms with van der Waals surface area (Å²) in [5, 5.41) is 26.1. The van der Waals surface area contributed by atoms with Crippen LogP contribution in [0.1, 0.15) is 25.0 Å². The number of aliphatic imine (C=N–C) groups is 1. The number of hydrogen-bond donors (Lipinski definition) is 9. The number of nitrogens with two attached hydrogens (primary N) is 3. The third-order valence-corrected chi connectivity index (χ3v) is 5.59. The third kappa shape index (κ3) is 11.4. The van der Waals surface area contributed by atoms with Gasteiger partial charge in [-0.2, -0.15) is 11.8 Å². The number of hydrogen-bond acceptors (Lipinski definition) is 9. The summed E-state index contributed by atoms with van der Waals surface area (Å²) in [6.45, 7) is -0.455. The number of aliphatic carboxylic acids is 1. The van der Waals surface area contributed by atoms with E-state index in [2.05, 4.69) is 30.9 Å². The van der Waals surface area contributed by atoms with Gasteiger partial charge in [-0.3, -0.25) is 19.4 Å². The third-order valence-electron chi connectivity index (χ3n) is 4.95. The van der Waals surface area contributed by atoms with Crippen LogP contribution in [0.15, 0.2) is 17.5 Å². The molecule has 0 radical (unpaired) electrons. The van der Waals surface area contributed by atoms with Gasteiger partial charge in [-0.15, -0.1) is 0 Å². The van der Waals surface area contributed by atoms with Gasteiger partial charge in [0.25, 0.3) is 0 Å². The second-order valence-electron chi connectivity index (χ2n) is 7.82. The molecule has 0 saturated carbocycles. The maximum atomic E-state index is 13.1. The Morgan fingerprint density at radius 3 is 2.28 bits per heavy atom. The lowest BCUT2D eigenvalue weighted by molar-refractivity contribution is -0.142. The Hall–Kier alpha value is -3.37. The highest BCUT2D eigenvalue weighted by Crippen LogP contribution is 2.06. The summed E-state index contributed by atoms with van der Waals surface area (Å²) in [7, 11) is 0. The monoisotopic (exact) mass is 529 g/mol. The van der Waals surface area contributed by atoms with Crippen LogP contribution in [0.2, 0.25) is 0 Å². The fourth-order valence-corrected chi connectivity index (χ4v) is 3.47. The first-order chi connectivity index (χ1) is 17.1. The van der Waals surface area contributed by atoms with Crippen molar-refractivity contribution in [1.82, 2.24) is 25.9 Å². The zero-order valence-corrected chi connectivity index (χ0v) is 20.8. The van der Waals surface area contributed by atoms with Crippen molar-refractivity contribution in [3.05, 3.63) is 18.2 Å². The Bertz CT molecular complexity index is 879. The number of carbonyl (C=O) groups excluding carboxylic acids is 3. The van der Waals surface area contributed by atoms with Gasteiger partial charge in [0, 0.05) is 24.9 Å². The number of H-pyrrole nitrogens is 1. The molecule has 1 rings (SSSR count). The van der Waals surface area contributed by atoms with E-state index in [1.54, 1.807) is 0 Å². The number of carbonyl (C=O) groups is 4. The Kier molecular flexibility index (Phi) is 13.9. The zero-order chi connectivity index (χ0) is 27.1. The van der Waals surface area contributed by atoms with Crippen LogP contribution >= 0.6 is 11.8 Å². The van der Waals surface area contributed by atoms with E-state index in [1.807, 2.05) is 6.26 Å². The maximum absolute atomic E-state index is 13.1. The second kappa shape index (κ2) is 16.3. The summed E-state index contributed by atoms with van der Waals surface area (Å²) in [6, 6.07) is -4.72. The molecule has 36 heavy (non-hydrogen) atoms. The lowest BCUT2D eigenvalue weighted by Crippen LogP contribution is -2.58. The molecule has 4 unspecified atom stereocenters. The Labute approximate surface area is 212 Å². The topological polar surface area (TPSA) is 264 Å². The zero-order valence-electron chi connectivity index (χ0n) is 20.0. The lowest BCUT2D eigenvalue weighted by Gasteiger charge is -2.25. The van der Waals surface area contributed by atoms with Gasteiger partial charge in [0.05, 0.1) is 12.9 Å². The van der Waals surface area contributed by atoms with Gasteiger partial charge in [0.2, 0.25) is 17.7 Å². The number of rotatable bonds is 17. The lowest BCUT2D eigenvalue weighted by atomic mass is 10.1. The van der Waals surface area contributed by atoms with Crippen molar-refractivity contribution >= 4 is 41.4 Å². The highest BCUT2D eigenvalue weighted by atomic mass is 32.2. The molecule has 1 aromatic rings.